The Morgan fingerprint density at radius 2 is 0.966 bits per heavy atom. The summed E-state index contributed by atoms with van der Waals surface area (Å²) in [6, 6.07) is 0. The van der Waals surface area contributed by atoms with Gasteiger partial charge in [-0.1, -0.05) is 137 Å². The second-order valence-electron chi connectivity index (χ2n) is 25.3. The second-order valence-corrected chi connectivity index (χ2v) is 25.3. The van der Waals surface area contributed by atoms with Gasteiger partial charge in [0.1, 0.15) is 73.2 Å². The largest absolute Gasteiger partial charge is 0.457 e. The molecule has 0 saturated carbocycles. The molecule has 6 saturated heterocycles. The SMILES string of the molecule is CCCCCCCCCCCC(=O)O[C@H]1[C@H](O[C@@H]2[C@@H](O)[C@H]3OC(=O)CCCCCCCCC[C@H](CCCCC)O[C@@H]4O[C@H](C)[C@H](O)[C@H](O)[C@H]4O[C@@H]3O[C@H]2C)O[C@@H](C)[C@H](O[C@@H]2O[C@@H](C)[C@H](OC(=O)[C@@H](C)CC)[C@@H](O)[C@H]2O)[C@H]1O[C@@H]1O[C@@H](C)[C@H](O)[C@@H](O)[C@H]1O. The summed E-state index contributed by atoms with van der Waals surface area (Å²) in [5.41, 5.74) is 0. The van der Waals surface area contributed by atoms with E-state index in [-0.39, 0.29) is 18.9 Å². The highest BCUT2D eigenvalue weighted by Crippen LogP contribution is 2.39. The molecule has 24 nitrogen and oxygen atoms in total. The number of carbonyl (C=O) groups excluding carboxylic acids is 3. The number of aliphatic hydroxyl groups excluding tert-OH is 8. The summed E-state index contributed by atoms with van der Waals surface area (Å²) in [4.78, 5) is 41.1. The number of rotatable bonds is 24. The van der Waals surface area contributed by atoms with Gasteiger partial charge in [-0.2, -0.15) is 0 Å². The third-order valence-electron chi connectivity index (χ3n) is 18.2. The fourth-order valence-corrected chi connectivity index (χ4v) is 12.3. The molecule has 0 aromatic heterocycles. The summed E-state index contributed by atoms with van der Waals surface area (Å²) in [5.74, 6) is -2.57. The van der Waals surface area contributed by atoms with Crippen molar-refractivity contribution in [3.63, 3.8) is 0 Å². The van der Waals surface area contributed by atoms with E-state index in [2.05, 4.69) is 13.8 Å². The van der Waals surface area contributed by atoms with Crippen LogP contribution in [-0.4, -0.2) is 218 Å². The van der Waals surface area contributed by atoms with Crippen molar-refractivity contribution in [3.05, 3.63) is 0 Å². The average Bonchev–Trinajstić information content (AvgIpc) is 0.893. The van der Waals surface area contributed by atoms with Crippen LogP contribution in [0, 0.1) is 5.92 Å². The summed E-state index contributed by atoms with van der Waals surface area (Å²) >= 11 is 0. The second kappa shape index (κ2) is 36.8. The maximum absolute atomic E-state index is 14.3. The van der Waals surface area contributed by atoms with E-state index >= 15 is 0 Å². The molecule has 0 amide bonds. The van der Waals surface area contributed by atoms with Crippen molar-refractivity contribution >= 4 is 17.9 Å². The monoisotopic (exact) mass is 1250 g/mol. The Kier molecular flexibility index (Phi) is 31.2. The van der Waals surface area contributed by atoms with E-state index in [9.17, 15) is 55.2 Å². The summed E-state index contributed by atoms with van der Waals surface area (Å²) in [6.07, 6.45) is -18.9. The Morgan fingerprint density at radius 1 is 0.460 bits per heavy atom. The molecule has 0 aromatic rings. The van der Waals surface area contributed by atoms with E-state index in [1.165, 1.54) is 27.2 Å². The van der Waals surface area contributed by atoms with Crippen molar-refractivity contribution in [2.45, 2.75) is 376 Å². The number of ether oxygens (including phenoxy) is 13. The molecule has 87 heavy (non-hydrogen) atoms. The van der Waals surface area contributed by atoms with Crippen LogP contribution in [-0.2, 0) is 76.0 Å². The zero-order valence-corrected chi connectivity index (χ0v) is 53.2. The molecule has 6 aliphatic heterocycles. The smallest absolute Gasteiger partial charge is 0.309 e. The summed E-state index contributed by atoms with van der Waals surface area (Å²) in [7, 11) is 0. The highest BCUT2D eigenvalue weighted by molar-refractivity contribution is 5.72. The molecule has 6 aliphatic rings. The van der Waals surface area contributed by atoms with Crippen LogP contribution in [0.15, 0.2) is 0 Å². The average molecular weight is 1250 g/mol. The highest BCUT2D eigenvalue weighted by Gasteiger charge is 2.58. The van der Waals surface area contributed by atoms with Gasteiger partial charge in [-0.05, 0) is 66.7 Å². The van der Waals surface area contributed by atoms with Gasteiger partial charge >= 0.3 is 17.9 Å². The van der Waals surface area contributed by atoms with Crippen molar-refractivity contribution < 1.29 is 117 Å². The predicted molar refractivity (Wildman–Crippen MR) is 311 cm³/mol. The minimum Gasteiger partial charge on any atom is -0.457 e. The highest BCUT2D eigenvalue weighted by atomic mass is 16.8. The Hall–Kier alpha value is -2.31. The quantitative estimate of drug-likeness (QED) is 0.0344. The number of fused-ring (bicyclic) bond motifs is 2. The standard InChI is InChI=1S/C63H110O24/c1-10-13-15-16-17-18-21-24-29-33-42(65)82-57-56(87-59-48(71)45(68)43(66)35(5)75-59)53(85-60-49(72)47(70)51(37(7)77-60)83-58(74)34(4)12-3)39(9)79-63(57)84-52-38(8)78-62-55(50(52)73)81-41(64)32-28-25-22-19-20-23-27-31-40(30-26-14-11-2)80-61-54(86-62)46(69)44(67)36(6)76-61/h34-40,43-57,59-63,66-73H,10-33H2,1-9H3/t34-,35-,36+,37-,38-,39-,40-,43-,44-,45+,46-,47-,48+,49+,50+,51-,52-,53-,54+,55+,56+,57+,59-,60-,61-,62-,63-/m0/s1. The Labute approximate surface area is 515 Å². The number of unbranched alkanes of at least 4 members (excludes halogenated alkanes) is 10. The van der Waals surface area contributed by atoms with Gasteiger partial charge < -0.3 is 102 Å². The molecule has 6 rings (SSSR count). The molecule has 0 aliphatic carbocycles. The number of aliphatic hydroxyl groups is 8. The number of hydrogen-bond donors (Lipinski definition) is 8. The third-order valence-corrected chi connectivity index (χ3v) is 18.2. The lowest BCUT2D eigenvalue weighted by atomic mass is 9.95. The van der Waals surface area contributed by atoms with Gasteiger partial charge in [0.2, 0.25) is 0 Å². The van der Waals surface area contributed by atoms with Crippen molar-refractivity contribution in [2.24, 2.45) is 5.92 Å². The topological polar surface area (TPSA) is 333 Å². The molecule has 6 heterocycles. The van der Waals surface area contributed by atoms with Gasteiger partial charge in [0.15, 0.2) is 49.8 Å². The predicted octanol–water partition coefficient (Wildman–Crippen LogP) is 5.33. The van der Waals surface area contributed by atoms with E-state index in [0.29, 0.717) is 32.1 Å². The van der Waals surface area contributed by atoms with E-state index in [4.69, 9.17) is 61.6 Å². The normalized spacial score (nSPS) is 41.6. The third kappa shape index (κ3) is 20.8. The first-order valence-corrected chi connectivity index (χ1v) is 33.2. The lowest BCUT2D eigenvalue weighted by Crippen LogP contribution is -2.68. The van der Waals surface area contributed by atoms with Crippen molar-refractivity contribution in [1.82, 2.24) is 0 Å². The van der Waals surface area contributed by atoms with Crippen LogP contribution in [0.25, 0.3) is 0 Å². The minimum absolute atomic E-state index is 0.0211. The lowest BCUT2D eigenvalue weighted by molar-refractivity contribution is -0.399. The fraction of sp³-hybridized carbons (Fsp3) is 0.952. The van der Waals surface area contributed by atoms with Crippen LogP contribution in [0.1, 0.15) is 216 Å². The Balaban J connectivity index is 1.34. The molecular weight excluding hydrogens is 1140 g/mol. The number of carbonyl (C=O) groups is 3. The van der Waals surface area contributed by atoms with Crippen LogP contribution in [0.4, 0.5) is 0 Å². The molecule has 0 bridgehead atoms. The van der Waals surface area contributed by atoms with Crippen molar-refractivity contribution in [1.29, 1.82) is 0 Å². The first-order valence-electron chi connectivity index (χ1n) is 33.2. The maximum Gasteiger partial charge on any atom is 0.309 e. The van der Waals surface area contributed by atoms with Gasteiger partial charge in [-0.15, -0.1) is 0 Å². The van der Waals surface area contributed by atoms with E-state index in [1.54, 1.807) is 27.7 Å². The van der Waals surface area contributed by atoms with Crippen molar-refractivity contribution in [3.8, 4) is 0 Å². The lowest BCUT2D eigenvalue weighted by Gasteiger charge is -2.51. The minimum atomic E-state index is -1.90. The molecule has 0 spiro atoms. The molecule has 27 atom stereocenters. The molecule has 6 fully saturated rings. The first kappa shape index (κ1) is 73.7. The zero-order valence-electron chi connectivity index (χ0n) is 53.2. The molecule has 0 radical (unpaired) electrons. The molecule has 24 heteroatoms. The van der Waals surface area contributed by atoms with Crippen LogP contribution in [0.2, 0.25) is 0 Å². The first-order chi connectivity index (χ1) is 41.6. The molecule has 506 valence electrons. The van der Waals surface area contributed by atoms with Gasteiger partial charge in [0.25, 0.3) is 0 Å². The maximum atomic E-state index is 14.3. The van der Waals surface area contributed by atoms with Crippen LogP contribution in [0.3, 0.4) is 0 Å². The zero-order chi connectivity index (χ0) is 63.5. The van der Waals surface area contributed by atoms with Gasteiger partial charge in [-0.3, -0.25) is 14.4 Å². The fourth-order valence-electron chi connectivity index (χ4n) is 12.3. The van der Waals surface area contributed by atoms with Crippen LogP contribution >= 0.6 is 0 Å². The van der Waals surface area contributed by atoms with Gasteiger partial charge in [0.05, 0.1) is 42.5 Å². The van der Waals surface area contributed by atoms with Crippen molar-refractivity contribution in [2.75, 3.05) is 0 Å². The molecular formula is C63H110O24. The number of hydrogen-bond acceptors (Lipinski definition) is 24. The summed E-state index contributed by atoms with van der Waals surface area (Å²) in [5, 5.41) is 92.1. The van der Waals surface area contributed by atoms with Crippen LogP contribution < -0.4 is 0 Å². The summed E-state index contributed by atoms with van der Waals surface area (Å²) in [6.45, 7) is 15.4. The van der Waals surface area contributed by atoms with E-state index in [1.807, 2.05) is 0 Å². The number of esters is 3. The van der Waals surface area contributed by atoms with E-state index in [0.717, 1.165) is 103 Å². The molecule has 0 aromatic carbocycles. The molecule has 8 N–H and O–H groups in total. The van der Waals surface area contributed by atoms with Crippen LogP contribution in [0.5, 0.6) is 0 Å². The summed E-state index contributed by atoms with van der Waals surface area (Å²) < 4.78 is 82.4. The van der Waals surface area contributed by atoms with Gasteiger partial charge in [0, 0.05) is 12.8 Å². The Bertz CT molecular complexity index is 1990. The van der Waals surface area contributed by atoms with Gasteiger partial charge in [-0.25, -0.2) is 0 Å². The van der Waals surface area contributed by atoms with E-state index < -0.39 is 177 Å². The molecule has 0 unspecified atom stereocenters. The Morgan fingerprint density at radius 3 is 1.63 bits per heavy atom.